The van der Waals surface area contributed by atoms with Gasteiger partial charge in [0.1, 0.15) is 5.54 Å². The van der Waals surface area contributed by atoms with Crippen LogP contribution < -0.4 is 10.0 Å². The van der Waals surface area contributed by atoms with Gasteiger partial charge in [-0.05, 0) is 44.2 Å². The number of hydrogen-bond donors (Lipinski definition) is 2. The van der Waals surface area contributed by atoms with Gasteiger partial charge in [0.15, 0.2) is 0 Å². The molecule has 1 saturated carbocycles. The highest BCUT2D eigenvalue weighted by atomic mass is 32.2. The number of sulfonamides is 1. The molecule has 8 heteroatoms. The summed E-state index contributed by atoms with van der Waals surface area (Å²) in [5.74, 6) is 0. The van der Waals surface area contributed by atoms with Crippen molar-refractivity contribution in [2.45, 2.75) is 29.5 Å². The molecular formula is C11H13F3N2O2S. The Balaban J connectivity index is 2.17. The van der Waals surface area contributed by atoms with E-state index in [0.29, 0.717) is 0 Å². The first kappa shape index (κ1) is 14.1. The molecule has 2 N–H and O–H groups in total. The number of anilines is 1. The second kappa shape index (κ2) is 4.38. The molecular weight excluding hydrogens is 281 g/mol. The van der Waals surface area contributed by atoms with Crippen LogP contribution in [-0.2, 0) is 10.0 Å². The lowest BCUT2D eigenvalue weighted by Crippen LogP contribution is -2.38. The largest absolute Gasteiger partial charge is 0.411 e. The molecule has 106 valence electrons. The minimum Gasteiger partial charge on any atom is -0.372 e. The zero-order valence-corrected chi connectivity index (χ0v) is 10.9. The molecule has 1 fully saturated rings. The molecule has 0 radical (unpaired) electrons. The monoisotopic (exact) mass is 294 g/mol. The SMILES string of the molecule is CNS(=O)(=O)c1ccc(NC2(C(F)(F)F)CC2)cc1. The van der Waals surface area contributed by atoms with Gasteiger partial charge in [0.05, 0.1) is 4.90 Å². The van der Waals surface area contributed by atoms with Crippen LogP contribution in [0.2, 0.25) is 0 Å². The Morgan fingerprint density at radius 1 is 1.16 bits per heavy atom. The molecule has 0 atom stereocenters. The quantitative estimate of drug-likeness (QED) is 0.894. The Kier molecular flexibility index (Phi) is 3.26. The van der Waals surface area contributed by atoms with Gasteiger partial charge in [-0.3, -0.25) is 0 Å². The van der Waals surface area contributed by atoms with Crippen LogP contribution in [0, 0.1) is 0 Å². The lowest BCUT2D eigenvalue weighted by atomic mass is 10.2. The lowest BCUT2D eigenvalue weighted by Gasteiger charge is -2.22. The first-order valence-corrected chi connectivity index (χ1v) is 7.07. The third kappa shape index (κ3) is 2.69. The van der Waals surface area contributed by atoms with Crippen LogP contribution >= 0.6 is 0 Å². The van der Waals surface area contributed by atoms with Gasteiger partial charge >= 0.3 is 6.18 Å². The average molecular weight is 294 g/mol. The van der Waals surface area contributed by atoms with Crippen LogP contribution in [0.25, 0.3) is 0 Å². The highest BCUT2D eigenvalue weighted by molar-refractivity contribution is 7.89. The zero-order chi connectivity index (χ0) is 14.3. The number of alkyl halides is 3. The summed E-state index contributed by atoms with van der Waals surface area (Å²) in [6, 6.07) is 5.19. The van der Waals surface area contributed by atoms with Crippen molar-refractivity contribution in [2.24, 2.45) is 0 Å². The summed E-state index contributed by atoms with van der Waals surface area (Å²) in [7, 11) is -2.30. The molecule has 0 bridgehead atoms. The van der Waals surface area contributed by atoms with E-state index in [2.05, 4.69) is 10.0 Å². The Morgan fingerprint density at radius 3 is 2.05 bits per heavy atom. The number of halogens is 3. The summed E-state index contributed by atoms with van der Waals surface area (Å²) >= 11 is 0. The minimum atomic E-state index is -4.30. The van der Waals surface area contributed by atoms with E-state index in [1.807, 2.05) is 0 Å². The van der Waals surface area contributed by atoms with Crippen LogP contribution in [0.3, 0.4) is 0 Å². The van der Waals surface area contributed by atoms with Crippen molar-refractivity contribution in [1.82, 2.24) is 4.72 Å². The molecule has 0 aliphatic heterocycles. The third-order valence-electron chi connectivity index (χ3n) is 3.11. The summed E-state index contributed by atoms with van der Waals surface area (Å²) in [6.45, 7) is 0. The summed E-state index contributed by atoms with van der Waals surface area (Å²) in [6.07, 6.45) is -4.23. The van der Waals surface area contributed by atoms with Gasteiger partial charge in [-0.1, -0.05) is 0 Å². The second-order valence-corrected chi connectivity index (χ2v) is 6.32. The molecule has 0 unspecified atom stereocenters. The molecule has 0 spiro atoms. The van der Waals surface area contributed by atoms with Crippen LogP contribution in [0.4, 0.5) is 18.9 Å². The number of hydrogen-bond acceptors (Lipinski definition) is 3. The van der Waals surface area contributed by atoms with Crippen LogP contribution in [0.15, 0.2) is 29.2 Å². The van der Waals surface area contributed by atoms with Gasteiger partial charge in [-0.15, -0.1) is 0 Å². The second-order valence-electron chi connectivity index (χ2n) is 4.44. The van der Waals surface area contributed by atoms with Gasteiger partial charge in [-0.2, -0.15) is 13.2 Å². The Morgan fingerprint density at radius 2 is 1.68 bits per heavy atom. The van der Waals surface area contributed by atoms with E-state index >= 15 is 0 Å². The summed E-state index contributed by atoms with van der Waals surface area (Å²) in [5, 5.41) is 2.43. The molecule has 1 aromatic rings. The molecule has 2 rings (SSSR count). The van der Waals surface area contributed by atoms with Crippen molar-refractivity contribution in [2.75, 3.05) is 12.4 Å². The van der Waals surface area contributed by atoms with Crippen LogP contribution in [-0.4, -0.2) is 27.2 Å². The maximum atomic E-state index is 12.7. The molecule has 0 aromatic heterocycles. The van der Waals surface area contributed by atoms with Crippen molar-refractivity contribution in [3.8, 4) is 0 Å². The molecule has 1 aliphatic rings. The fourth-order valence-electron chi connectivity index (χ4n) is 1.72. The minimum absolute atomic E-state index is 0.0115. The Hall–Kier alpha value is -1.28. The molecule has 0 saturated heterocycles. The number of nitrogens with one attached hydrogen (secondary N) is 2. The van der Waals surface area contributed by atoms with E-state index in [1.54, 1.807) is 0 Å². The predicted octanol–water partition coefficient (Wildman–Crippen LogP) is 2.10. The van der Waals surface area contributed by atoms with Crippen molar-refractivity contribution in [1.29, 1.82) is 0 Å². The maximum Gasteiger partial charge on any atom is 0.411 e. The lowest BCUT2D eigenvalue weighted by molar-refractivity contribution is -0.151. The van der Waals surface area contributed by atoms with Gasteiger partial charge in [0, 0.05) is 5.69 Å². The van der Waals surface area contributed by atoms with Crippen LogP contribution in [0.1, 0.15) is 12.8 Å². The van der Waals surface area contributed by atoms with Crippen molar-refractivity contribution >= 4 is 15.7 Å². The van der Waals surface area contributed by atoms with E-state index in [0.717, 1.165) is 0 Å². The molecule has 0 amide bonds. The topological polar surface area (TPSA) is 58.2 Å². The first-order chi connectivity index (χ1) is 8.70. The number of benzene rings is 1. The summed E-state index contributed by atoms with van der Waals surface area (Å²) in [5.41, 5.74) is -1.60. The van der Waals surface area contributed by atoms with E-state index < -0.39 is 21.7 Å². The molecule has 1 aromatic carbocycles. The van der Waals surface area contributed by atoms with E-state index in [9.17, 15) is 21.6 Å². The standard InChI is InChI=1S/C11H13F3N2O2S/c1-15-19(17,18)9-4-2-8(3-5-9)16-10(6-7-10)11(12,13)14/h2-5,15-16H,6-7H2,1H3. The fraction of sp³-hybridized carbons (Fsp3) is 0.455. The van der Waals surface area contributed by atoms with Crippen molar-refractivity contribution < 1.29 is 21.6 Å². The average Bonchev–Trinajstić information content (AvgIpc) is 3.10. The summed E-state index contributed by atoms with van der Waals surface area (Å²) in [4.78, 5) is 0.0115. The third-order valence-corrected chi connectivity index (χ3v) is 4.54. The normalized spacial score (nSPS) is 18.1. The van der Waals surface area contributed by atoms with Crippen molar-refractivity contribution in [3.63, 3.8) is 0 Å². The van der Waals surface area contributed by atoms with E-state index in [-0.39, 0.29) is 23.4 Å². The van der Waals surface area contributed by atoms with Gasteiger partial charge < -0.3 is 5.32 Å². The Bertz CT molecular complexity index is 563. The number of rotatable bonds is 4. The summed E-state index contributed by atoms with van der Waals surface area (Å²) < 4.78 is 63.3. The Labute approximate surface area is 109 Å². The van der Waals surface area contributed by atoms with Gasteiger partial charge in [0.25, 0.3) is 0 Å². The van der Waals surface area contributed by atoms with Gasteiger partial charge in [-0.25, -0.2) is 13.1 Å². The van der Waals surface area contributed by atoms with Gasteiger partial charge in [0.2, 0.25) is 10.0 Å². The molecule has 0 heterocycles. The zero-order valence-electron chi connectivity index (χ0n) is 10.1. The van der Waals surface area contributed by atoms with E-state index in [4.69, 9.17) is 0 Å². The first-order valence-electron chi connectivity index (χ1n) is 5.59. The molecule has 19 heavy (non-hydrogen) atoms. The fourth-order valence-corrected chi connectivity index (χ4v) is 2.45. The maximum absolute atomic E-state index is 12.7. The van der Waals surface area contributed by atoms with Crippen LogP contribution in [0.5, 0.6) is 0 Å². The smallest absolute Gasteiger partial charge is 0.372 e. The molecule has 1 aliphatic carbocycles. The van der Waals surface area contributed by atoms with Crippen molar-refractivity contribution in [3.05, 3.63) is 24.3 Å². The van der Waals surface area contributed by atoms with E-state index in [1.165, 1.54) is 31.3 Å². The molecule has 4 nitrogen and oxygen atoms in total. The predicted molar refractivity (Wildman–Crippen MR) is 64.3 cm³/mol. The highest BCUT2D eigenvalue weighted by Gasteiger charge is 2.63. The highest BCUT2D eigenvalue weighted by Crippen LogP contribution is 2.51.